The van der Waals surface area contributed by atoms with Crippen molar-refractivity contribution in [3.05, 3.63) is 144 Å². The van der Waals surface area contributed by atoms with Crippen LogP contribution in [-0.2, 0) is 10.1 Å². The normalized spacial score (nSPS) is 20.2. The molecule has 0 fully saturated rings. The lowest BCUT2D eigenvalue weighted by molar-refractivity contribution is 0.0778. The van der Waals surface area contributed by atoms with Crippen LogP contribution in [0.2, 0.25) is 0 Å². The third-order valence-electron chi connectivity index (χ3n) is 12.7. The lowest BCUT2D eigenvalue weighted by atomic mass is 9.97. The Kier molecular flexibility index (Phi) is 10.4. The lowest BCUT2D eigenvalue weighted by Gasteiger charge is -2.26. The fraction of sp³-hybridized carbons (Fsp3) is 0.240. The lowest BCUT2D eigenvalue weighted by Crippen LogP contribution is -2.46. The van der Waals surface area contributed by atoms with Crippen molar-refractivity contribution in [2.75, 3.05) is 38.1 Å². The SMILES string of the molecule is COc1cc2c(cc1OCCCOc1cc3c(cc1OC)C(=O)N1C=C(c4ccc5ccccc5c4)C[C@H]1C(S(=O)(=O)O)N3)NC(C)[C@@H]1CC(c3ccc4ccccc4c3)=CN1C2=O. The summed E-state index contributed by atoms with van der Waals surface area (Å²) < 4.78 is 60.0. The molecule has 2 amide bonds. The molecule has 10 rings (SSSR count). The Morgan fingerprint density at radius 3 is 1.58 bits per heavy atom. The van der Waals surface area contributed by atoms with Gasteiger partial charge in [0.25, 0.3) is 21.9 Å². The van der Waals surface area contributed by atoms with Crippen molar-refractivity contribution in [3.8, 4) is 23.0 Å². The number of carbonyl (C=O) groups is 2. The van der Waals surface area contributed by atoms with Gasteiger partial charge in [0.05, 0.1) is 62.0 Å². The molecule has 4 atom stereocenters. The summed E-state index contributed by atoms with van der Waals surface area (Å²) in [5, 5.41) is 9.39. The fourth-order valence-corrected chi connectivity index (χ4v) is 10.3. The van der Waals surface area contributed by atoms with Crippen molar-refractivity contribution in [1.29, 1.82) is 0 Å². The minimum absolute atomic E-state index is 0.0661. The van der Waals surface area contributed by atoms with Crippen LogP contribution < -0.4 is 29.6 Å². The van der Waals surface area contributed by atoms with Crippen molar-refractivity contribution in [3.63, 3.8) is 0 Å². The first-order valence-corrected chi connectivity index (χ1v) is 22.7. The summed E-state index contributed by atoms with van der Waals surface area (Å²) in [6.07, 6.45) is 4.96. The number of methoxy groups -OCH3 is 2. The van der Waals surface area contributed by atoms with Crippen LogP contribution >= 0.6 is 0 Å². The van der Waals surface area contributed by atoms with E-state index in [1.165, 1.54) is 36.6 Å². The quantitative estimate of drug-likeness (QED) is 0.0845. The van der Waals surface area contributed by atoms with E-state index in [9.17, 15) is 22.6 Å². The highest BCUT2D eigenvalue weighted by Gasteiger charge is 2.45. The van der Waals surface area contributed by atoms with Gasteiger partial charge >= 0.3 is 0 Å². The molecule has 0 saturated carbocycles. The molecule has 0 spiro atoms. The van der Waals surface area contributed by atoms with Crippen LogP contribution in [0.3, 0.4) is 0 Å². The van der Waals surface area contributed by atoms with Crippen LogP contribution in [0.1, 0.15) is 58.0 Å². The van der Waals surface area contributed by atoms with Gasteiger partial charge in [-0.15, -0.1) is 0 Å². The molecular formula is C50H46N4O9S. The van der Waals surface area contributed by atoms with Gasteiger partial charge in [-0.1, -0.05) is 72.8 Å². The van der Waals surface area contributed by atoms with E-state index in [0.29, 0.717) is 35.6 Å². The molecule has 0 aromatic heterocycles. The predicted molar refractivity (Wildman–Crippen MR) is 247 cm³/mol. The summed E-state index contributed by atoms with van der Waals surface area (Å²) >= 11 is 0. The maximum Gasteiger partial charge on any atom is 0.288 e. The molecule has 64 heavy (non-hydrogen) atoms. The zero-order chi connectivity index (χ0) is 44.3. The Morgan fingerprint density at radius 1 is 0.609 bits per heavy atom. The maximum absolute atomic E-state index is 14.2. The molecule has 326 valence electrons. The second kappa shape index (κ2) is 16.3. The van der Waals surface area contributed by atoms with Gasteiger partial charge in [0, 0.05) is 37.0 Å². The maximum atomic E-state index is 14.2. The number of nitrogens with one attached hydrogen (secondary N) is 2. The summed E-state index contributed by atoms with van der Waals surface area (Å²) in [6, 6.07) is 34.0. The molecule has 3 N–H and O–H groups in total. The van der Waals surface area contributed by atoms with E-state index < -0.39 is 27.4 Å². The van der Waals surface area contributed by atoms with Crippen LogP contribution in [-0.4, -0.2) is 85.5 Å². The molecule has 6 aromatic carbocycles. The average Bonchev–Trinajstić information content (AvgIpc) is 3.91. The van der Waals surface area contributed by atoms with Crippen LogP contribution in [0, 0.1) is 0 Å². The molecular weight excluding hydrogens is 833 g/mol. The highest BCUT2D eigenvalue weighted by molar-refractivity contribution is 7.86. The van der Waals surface area contributed by atoms with Crippen molar-refractivity contribution in [2.24, 2.45) is 0 Å². The van der Waals surface area contributed by atoms with Crippen LogP contribution in [0.4, 0.5) is 11.4 Å². The number of hydrogen-bond acceptors (Lipinski definition) is 10. The molecule has 0 saturated heterocycles. The molecule has 2 unspecified atom stereocenters. The van der Waals surface area contributed by atoms with E-state index >= 15 is 0 Å². The van der Waals surface area contributed by atoms with Gasteiger partial charge in [-0.05, 0) is 87.8 Å². The van der Waals surface area contributed by atoms with E-state index in [1.54, 1.807) is 18.3 Å². The molecule has 13 nitrogen and oxygen atoms in total. The topological polar surface area (TPSA) is 156 Å². The molecule has 6 aromatic rings. The number of rotatable bonds is 11. The van der Waals surface area contributed by atoms with Gasteiger partial charge < -0.3 is 39.4 Å². The number of benzene rings is 6. The monoisotopic (exact) mass is 878 g/mol. The minimum atomic E-state index is -4.70. The van der Waals surface area contributed by atoms with E-state index in [2.05, 4.69) is 47.9 Å². The number of amides is 2. The van der Waals surface area contributed by atoms with Crippen LogP contribution in [0.15, 0.2) is 122 Å². The van der Waals surface area contributed by atoms with Gasteiger partial charge in [0.15, 0.2) is 28.4 Å². The van der Waals surface area contributed by atoms with Crippen LogP contribution in [0.5, 0.6) is 23.0 Å². The largest absolute Gasteiger partial charge is 0.493 e. The van der Waals surface area contributed by atoms with Gasteiger partial charge in [-0.25, -0.2) is 0 Å². The Balaban J connectivity index is 0.829. The number of carbonyl (C=O) groups excluding carboxylic acids is 2. The van der Waals surface area contributed by atoms with Gasteiger partial charge in [0.1, 0.15) is 0 Å². The first-order chi connectivity index (χ1) is 31.0. The Morgan fingerprint density at radius 2 is 1.08 bits per heavy atom. The number of hydrogen-bond donors (Lipinski definition) is 3. The van der Waals surface area contributed by atoms with Gasteiger partial charge in [0.2, 0.25) is 0 Å². The molecule has 4 aliphatic rings. The second-order valence-electron chi connectivity index (χ2n) is 16.6. The van der Waals surface area contributed by atoms with Crippen LogP contribution in [0.25, 0.3) is 32.7 Å². The number of anilines is 2. The summed E-state index contributed by atoms with van der Waals surface area (Å²) in [5.74, 6) is 0.839. The van der Waals surface area contributed by atoms with Crippen molar-refractivity contribution >= 4 is 66.0 Å². The third-order valence-corrected chi connectivity index (χ3v) is 13.7. The first-order valence-electron chi connectivity index (χ1n) is 21.2. The second-order valence-corrected chi connectivity index (χ2v) is 18.1. The Hall–Kier alpha value is -7.03. The predicted octanol–water partition coefficient (Wildman–Crippen LogP) is 8.82. The fourth-order valence-electron chi connectivity index (χ4n) is 9.35. The van der Waals surface area contributed by atoms with Crippen molar-refractivity contribution < 1.29 is 41.5 Å². The molecule has 4 aliphatic heterocycles. The number of fused-ring (bicyclic) bond motifs is 6. The minimum Gasteiger partial charge on any atom is -0.493 e. The van der Waals surface area contributed by atoms with E-state index in [0.717, 1.165) is 38.4 Å². The molecule has 0 bridgehead atoms. The Labute approximate surface area is 370 Å². The first kappa shape index (κ1) is 41.0. The summed E-state index contributed by atoms with van der Waals surface area (Å²) in [6.45, 7) is 2.47. The van der Waals surface area contributed by atoms with Gasteiger partial charge in [-0.2, -0.15) is 8.42 Å². The highest BCUT2D eigenvalue weighted by atomic mass is 32.2. The van der Waals surface area contributed by atoms with E-state index in [4.69, 9.17) is 18.9 Å². The van der Waals surface area contributed by atoms with Crippen molar-refractivity contribution in [2.45, 2.75) is 49.7 Å². The summed E-state index contributed by atoms with van der Waals surface area (Å²) in [5.41, 5.74) is 5.31. The van der Waals surface area contributed by atoms with E-state index in [-0.39, 0.29) is 60.4 Å². The third kappa shape index (κ3) is 7.41. The molecule has 0 radical (unpaired) electrons. The Bertz CT molecular complexity index is 3060. The molecule has 0 aliphatic carbocycles. The average molecular weight is 879 g/mol. The highest BCUT2D eigenvalue weighted by Crippen LogP contribution is 2.44. The summed E-state index contributed by atoms with van der Waals surface area (Å²) in [4.78, 5) is 31.5. The molecule has 14 heteroatoms. The number of ether oxygens (including phenoxy) is 4. The number of nitrogens with zero attached hydrogens (tertiary/aromatic N) is 2. The van der Waals surface area contributed by atoms with E-state index in [1.807, 2.05) is 65.7 Å². The molecule has 4 heterocycles. The van der Waals surface area contributed by atoms with Crippen molar-refractivity contribution in [1.82, 2.24) is 9.80 Å². The zero-order valence-electron chi connectivity index (χ0n) is 35.4. The smallest absolute Gasteiger partial charge is 0.288 e. The zero-order valence-corrected chi connectivity index (χ0v) is 36.2. The standard InChI is InChI=1S/C50H46N4O9S/c1-29-42-21-36(34-15-13-30-9-4-6-11-32(30)19-34)27-53(42)49(55)38-23-44(60-2)46(25-40(38)51-29)62-17-8-18-63-47-26-41-39(24-45(47)61-3)50(56)54-28-37(22-43(54)48(52-41)64(57,58)59)35-16-14-31-10-5-7-12-33(31)20-35/h4-7,9-16,19-20,23-29,42-43,48,51-52H,8,17-18,21-22H2,1-3H3,(H,57,58,59)/t29?,42-,43-,48?/m0/s1. The summed E-state index contributed by atoms with van der Waals surface area (Å²) in [7, 11) is -1.71. The van der Waals surface area contributed by atoms with Gasteiger partial charge in [-0.3, -0.25) is 14.1 Å².